The van der Waals surface area contributed by atoms with E-state index in [2.05, 4.69) is 42.3 Å². The van der Waals surface area contributed by atoms with Crippen molar-refractivity contribution in [3.05, 3.63) is 71.9 Å². The fourth-order valence-electron chi connectivity index (χ4n) is 3.11. The van der Waals surface area contributed by atoms with Gasteiger partial charge in [0.2, 0.25) is 0 Å². The second-order valence-corrected chi connectivity index (χ2v) is 5.97. The number of fused-ring (bicyclic) bond motifs is 1. The van der Waals surface area contributed by atoms with E-state index in [0.717, 1.165) is 33.6 Å². The number of nitrogens with zero attached hydrogens (tertiary/aromatic N) is 1. The van der Waals surface area contributed by atoms with E-state index in [1.165, 1.54) is 5.56 Å². The van der Waals surface area contributed by atoms with Gasteiger partial charge in [0.1, 0.15) is 12.4 Å². The molecular weight excluding hydrogens is 298 g/mol. The molecule has 0 unspecified atom stereocenters. The van der Waals surface area contributed by atoms with Crippen LogP contribution in [0.15, 0.2) is 55.1 Å². The Kier molecular flexibility index (Phi) is 4.26. The lowest BCUT2D eigenvalue weighted by molar-refractivity contribution is 0.101. The molecule has 0 bridgehead atoms. The predicted molar refractivity (Wildman–Crippen MR) is 98.4 cm³/mol. The van der Waals surface area contributed by atoms with E-state index in [-0.39, 0.29) is 5.78 Å². The summed E-state index contributed by atoms with van der Waals surface area (Å²) < 4.78 is 7.76. The predicted octanol–water partition coefficient (Wildman–Crippen LogP) is 5.01. The van der Waals surface area contributed by atoms with Crippen LogP contribution in [-0.2, 0) is 0 Å². The Hall–Kier alpha value is -2.81. The van der Waals surface area contributed by atoms with Crippen molar-refractivity contribution in [3.63, 3.8) is 0 Å². The summed E-state index contributed by atoms with van der Waals surface area (Å²) in [5.41, 5.74) is 4.96. The maximum absolute atomic E-state index is 12.2. The lowest BCUT2D eigenvalue weighted by Gasteiger charge is -2.09. The summed E-state index contributed by atoms with van der Waals surface area (Å²) >= 11 is 0. The number of aryl methyl sites for hydroxylation is 1. The van der Waals surface area contributed by atoms with E-state index in [1.54, 1.807) is 13.0 Å². The molecule has 1 heterocycles. The third kappa shape index (κ3) is 2.73. The Morgan fingerprint density at radius 3 is 2.50 bits per heavy atom. The van der Waals surface area contributed by atoms with Gasteiger partial charge in [0.15, 0.2) is 5.78 Å². The first kappa shape index (κ1) is 16.1. The molecule has 0 amide bonds. The van der Waals surface area contributed by atoms with Crippen LogP contribution in [0.1, 0.15) is 28.5 Å². The maximum Gasteiger partial charge on any atom is 0.162 e. The summed E-state index contributed by atoms with van der Waals surface area (Å²) in [5.74, 6) is 0.801. The highest BCUT2D eigenvalue weighted by Gasteiger charge is 2.18. The van der Waals surface area contributed by atoms with Crippen LogP contribution in [0.2, 0.25) is 0 Å². The summed E-state index contributed by atoms with van der Waals surface area (Å²) in [7, 11) is 0. The van der Waals surface area contributed by atoms with Gasteiger partial charge in [0, 0.05) is 22.3 Å². The summed E-state index contributed by atoms with van der Waals surface area (Å²) in [5, 5.41) is 0.919. The molecule has 3 nitrogen and oxygen atoms in total. The van der Waals surface area contributed by atoms with E-state index in [0.29, 0.717) is 6.61 Å². The maximum atomic E-state index is 12.2. The molecule has 122 valence electrons. The molecule has 0 aliphatic rings. The van der Waals surface area contributed by atoms with Gasteiger partial charge in [0.25, 0.3) is 0 Å². The zero-order valence-electron chi connectivity index (χ0n) is 14.3. The number of ether oxygens (including phenoxy) is 1. The number of Topliss-reactive ketones (excluding diaryl/α,β-unsaturated/α-hetero) is 1. The molecule has 0 saturated carbocycles. The molecule has 0 radical (unpaired) electrons. The van der Waals surface area contributed by atoms with Gasteiger partial charge in [-0.1, -0.05) is 30.4 Å². The Morgan fingerprint density at radius 1 is 1.17 bits per heavy atom. The lowest BCUT2D eigenvalue weighted by Crippen LogP contribution is -1.99. The van der Waals surface area contributed by atoms with Crippen molar-refractivity contribution >= 4 is 16.7 Å². The largest absolute Gasteiger partial charge is 0.490 e. The van der Waals surface area contributed by atoms with Gasteiger partial charge in [-0.3, -0.25) is 4.79 Å². The summed E-state index contributed by atoms with van der Waals surface area (Å²) in [4.78, 5) is 12.2. The van der Waals surface area contributed by atoms with Crippen LogP contribution in [-0.4, -0.2) is 17.0 Å². The van der Waals surface area contributed by atoms with Gasteiger partial charge < -0.3 is 9.30 Å². The second kappa shape index (κ2) is 6.36. The minimum atomic E-state index is 0.0595. The van der Waals surface area contributed by atoms with Crippen molar-refractivity contribution in [2.45, 2.75) is 20.8 Å². The standard InChI is InChI=1S/C21H21NO2/c1-5-12-24-18-10-11-20-19(13-18)21(16(4)23)15(3)22(20)17-8-6-14(2)7-9-17/h5-11,13H,1,12H2,2-4H3. The normalized spacial score (nSPS) is 10.8. The van der Waals surface area contributed by atoms with Crippen LogP contribution in [0.4, 0.5) is 0 Å². The van der Waals surface area contributed by atoms with Crippen LogP contribution >= 0.6 is 0 Å². The Bertz CT molecular complexity index is 917. The molecule has 1 aromatic heterocycles. The number of hydrogen-bond acceptors (Lipinski definition) is 2. The number of benzene rings is 2. The van der Waals surface area contributed by atoms with Crippen molar-refractivity contribution in [2.24, 2.45) is 0 Å². The number of rotatable bonds is 5. The lowest BCUT2D eigenvalue weighted by atomic mass is 10.1. The molecule has 0 atom stereocenters. The van der Waals surface area contributed by atoms with Gasteiger partial charge in [-0.2, -0.15) is 0 Å². The molecule has 3 heteroatoms. The van der Waals surface area contributed by atoms with Crippen LogP contribution in [0.25, 0.3) is 16.6 Å². The van der Waals surface area contributed by atoms with Gasteiger partial charge >= 0.3 is 0 Å². The summed E-state index contributed by atoms with van der Waals surface area (Å²) in [6, 6.07) is 14.2. The van der Waals surface area contributed by atoms with Crippen molar-refractivity contribution in [1.29, 1.82) is 0 Å². The zero-order valence-corrected chi connectivity index (χ0v) is 14.3. The first-order chi connectivity index (χ1) is 11.5. The first-order valence-electron chi connectivity index (χ1n) is 7.99. The first-order valence-corrected chi connectivity index (χ1v) is 7.99. The molecule has 3 rings (SSSR count). The van der Waals surface area contributed by atoms with Crippen LogP contribution in [0.5, 0.6) is 5.75 Å². The number of ketones is 1. The molecule has 0 aliphatic carbocycles. The number of aromatic nitrogens is 1. The highest BCUT2D eigenvalue weighted by Crippen LogP contribution is 2.32. The topological polar surface area (TPSA) is 31.2 Å². The third-order valence-corrected chi connectivity index (χ3v) is 4.19. The molecular formula is C21H21NO2. The molecule has 0 aliphatic heterocycles. The minimum absolute atomic E-state index is 0.0595. The number of hydrogen-bond donors (Lipinski definition) is 0. The zero-order chi connectivity index (χ0) is 17.3. The van der Waals surface area contributed by atoms with Gasteiger partial charge in [0.05, 0.1) is 5.52 Å². The molecule has 0 saturated heterocycles. The third-order valence-electron chi connectivity index (χ3n) is 4.19. The number of carbonyl (C=O) groups is 1. The van der Waals surface area contributed by atoms with Crippen LogP contribution < -0.4 is 4.74 Å². The van der Waals surface area contributed by atoms with Crippen molar-refractivity contribution in [1.82, 2.24) is 4.57 Å². The molecule has 0 N–H and O–H groups in total. The van der Waals surface area contributed by atoms with E-state index in [9.17, 15) is 4.79 Å². The van der Waals surface area contributed by atoms with Crippen molar-refractivity contribution < 1.29 is 9.53 Å². The Balaban J connectivity index is 2.26. The Morgan fingerprint density at radius 2 is 1.88 bits per heavy atom. The van der Waals surface area contributed by atoms with E-state index < -0.39 is 0 Å². The SMILES string of the molecule is C=CCOc1ccc2c(c1)c(C(C)=O)c(C)n2-c1ccc(C)cc1. The second-order valence-electron chi connectivity index (χ2n) is 5.97. The van der Waals surface area contributed by atoms with Gasteiger partial charge in [-0.25, -0.2) is 0 Å². The van der Waals surface area contributed by atoms with Crippen LogP contribution in [0, 0.1) is 13.8 Å². The number of carbonyl (C=O) groups excluding carboxylic acids is 1. The van der Waals surface area contributed by atoms with Gasteiger partial charge in [-0.15, -0.1) is 0 Å². The van der Waals surface area contributed by atoms with Crippen LogP contribution in [0.3, 0.4) is 0 Å². The minimum Gasteiger partial charge on any atom is -0.490 e. The average Bonchev–Trinajstić information content (AvgIpc) is 2.85. The van der Waals surface area contributed by atoms with Crippen molar-refractivity contribution in [3.8, 4) is 11.4 Å². The quantitative estimate of drug-likeness (QED) is 0.489. The van der Waals surface area contributed by atoms with E-state index in [4.69, 9.17) is 4.74 Å². The monoisotopic (exact) mass is 319 g/mol. The summed E-state index contributed by atoms with van der Waals surface area (Å²) in [6.45, 7) is 9.77. The Labute approximate surface area is 142 Å². The highest BCUT2D eigenvalue weighted by molar-refractivity contribution is 6.09. The molecule has 24 heavy (non-hydrogen) atoms. The molecule has 2 aromatic carbocycles. The van der Waals surface area contributed by atoms with Gasteiger partial charge in [-0.05, 0) is 51.1 Å². The molecule has 3 aromatic rings. The fourth-order valence-corrected chi connectivity index (χ4v) is 3.11. The van der Waals surface area contributed by atoms with E-state index in [1.807, 2.05) is 25.1 Å². The molecule has 0 spiro atoms. The highest BCUT2D eigenvalue weighted by atomic mass is 16.5. The molecule has 0 fully saturated rings. The summed E-state index contributed by atoms with van der Waals surface area (Å²) in [6.07, 6.45) is 1.71. The smallest absolute Gasteiger partial charge is 0.162 e. The van der Waals surface area contributed by atoms with Crippen molar-refractivity contribution in [2.75, 3.05) is 6.61 Å². The van der Waals surface area contributed by atoms with E-state index >= 15 is 0 Å². The average molecular weight is 319 g/mol. The fraction of sp³-hybridized carbons (Fsp3) is 0.190.